The zero-order valence-electron chi connectivity index (χ0n) is 13.7. The number of anilines is 1. The minimum absolute atomic E-state index is 0.168. The van der Waals surface area contributed by atoms with Gasteiger partial charge in [0.05, 0.1) is 0 Å². The molecule has 1 saturated heterocycles. The molecule has 1 aromatic heterocycles. The van der Waals surface area contributed by atoms with E-state index >= 15 is 0 Å². The Kier molecular flexibility index (Phi) is 6.58. The summed E-state index contributed by atoms with van der Waals surface area (Å²) in [4.78, 5) is 24.8. The maximum absolute atomic E-state index is 11.6. The molecule has 0 saturated carbocycles. The first-order valence-corrected chi connectivity index (χ1v) is 8.16. The first-order chi connectivity index (χ1) is 10.6. The SMILES string of the molecule is CC(C)CC(=O)NCCCN1CCN(c2ncccn2)CC1. The van der Waals surface area contributed by atoms with Gasteiger partial charge in [0.2, 0.25) is 11.9 Å². The molecule has 0 atom stereocenters. The Morgan fingerprint density at radius 2 is 1.91 bits per heavy atom. The number of piperazine rings is 1. The molecule has 0 spiro atoms. The number of hydrogen-bond donors (Lipinski definition) is 1. The Morgan fingerprint density at radius 3 is 2.55 bits per heavy atom. The maximum atomic E-state index is 11.6. The summed E-state index contributed by atoms with van der Waals surface area (Å²) in [6, 6.07) is 1.84. The number of carbonyl (C=O) groups excluding carboxylic acids is 1. The molecule has 2 heterocycles. The molecule has 1 amide bonds. The first-order valence-electron chi connectivity index (χ1n) is 8.16. The van der Waals surface area contributed by atoms with Crippen LogP contribution < -0.4 is 10.2 Å². The molecule has 1 aliphatic rings. The highest BCUT2D eigenvalue weighted by atomic mass is 16.1. The lowest BCUT2D eigenvalue weighted by molar-refractivity contribution is -0.121. The molecule has 0 bridgehead atoms. The van der Waals surface area contributed by atoms with E-state index in [0.29, 0.717) is 12.3 Å². The number of carbonyl (C=O) groups is 1. The summed E-state index contributed by atoms with van der Waals surface area (Å²) in [7, 11) is 0. The highest BCUT2D eigenvalue weighted by molar-refractivity contribution is 5.75. The van der Waals surface area contributed by atoms with E-state index in [1.54, 1.807) is 12.4 Å². The third-order valence-corrected chi connectivity index (χ3v) is 3.77. The van der Waals surface area contributed by atoms with Crippen molar-refractivity contribution in [1.82, 2.24) is 20.2 Å². The quantitative estimate of drug-likeness (QED) is 0.766. The van der Waals surface area contributed by atoms with Gasteiger partial charge >= 0.3 is 0 Å². The van der Waals surface area contributed by atoms with Crippen molar-refractivity contribution < 1.29 is 4.79 Å². The second-order valence-corrected chi connectivity index (χ2v) is 6.18. The molecule has 122 valence electrons. The van der Waals surface area contributed by atoms with Crippen molar-refractivity contribution in [1.29, 1.82) is 0 Å². The Balaban J connectivity index is 1.59. The second-order valence-electron chi connectivity index (χ2n) is 6.18. The van der Waals surface area contributed by atoms with Gasteiger partial charge in [-0.25, -0.2) is 9.97 Å². The summed E-state index contributed by atoms with van der Waals surface area (Å²) in [6.07, 6.45) is 5.20. The van der Waals surface area contributed by atoms with Gasteiger partial charge in [-0.05, 0) is 24.9 Å². The molecule has 6 nitrogen and oxygen atoms in total. The van der Waals surface area contributed by atoms with Crippen LogP contribution in [0.3, 0.4) is 0 Å². The summed E-state index contributed by atoms with van der Waals surface area (Å²) < 4.78 is 0. The molecule has 1 N–H and O–H groups in total. The smallest absolute Gasteiger partial charge is 0.225 e. The van der Waals surface area contributed by atoms with Crippen molar-refractivity contribution in [3.05, 3.63) is 18.5 Å². The van der Waals surface area contributed by atoms with E-state index in [1.165, 1.54) is 0 Å². The lowest BCUT2D eigenvalue weighted by Gasteiger charge is -2.34. The summed E-state index contributed by atoms with van der Waals surface area (Å²) in [5.74, 6) is 1.41. The number of hydrogen-bond acceptors (Lipinski definition) is 5. The highest BCUT2D eigenvalue weighted by Gasteiger charge is 2.18. The Labute approximate surface area is 132 Å². The van der Waals surface area contributed by atoms with Crippen LogP contribution in [0, 0.1) is 5.92 Å². The molecule has 0 unspecified atom stereocenters. The fraction of sp³-hybridized carbons (Fsp3) is 0.688. The van der Waals surface area contributed by atoms with Crippen molar-refractivity contribution >= 4 is 11.9 Å². The predicted octanol–water partition coefficient (Wildman–Crippen LogP) is 1.15. The largest absolute Gasteiger partial charge is 0.356 e. The zero-order chi connectivity index (χ0) is 15.8. The Bertz CT molecular complexity index is 443. The monoisotopic (exact) mass is 305 g/mol. The lowest BCUT2D eigenvalue weighted by Crippen LogP contribution is -2.47. The van der Waals surface area contributed by atoms with Gasteiger partial charge in [0, 0.05) is 51.5 Å². The molecule has 0 radical (unpaired) electrons. The molecular weight excluding hydrogens is 278 g/mol. The van der Waals surface area contributed by atoms with Crippen molar-refractivity contribution in [2.45, 2.75) is 26.7 Å². The van der Waals surface area contributed by atoms with E-state index in [0.717, 1.165) is 51.6 Å². The normalized spacial score (nSPS) is 16.0. The molecular formula is C16H27N5O. The first kappa shape index (κ1) is 16.7. The van der Waals surface area contributed by atoms with Gasteiger partial charge in [-0.3, -0.25) is 9.69 Å². The third kappa shape index (κ3) is 5.60. The van der Waals surface area contributed by atoms with Crippen LogP contribution in [0.4, 0.5) is 5.95 Å². The average Bonchev–Trinajstić information content (AvgIpc) is 2.52. The number of rotatable bonds is 7. The topological polar surface area (TPSA) is 61.4 Å². The van der Waals surface area contributed by atoms with E-state index in [-0.39, 0.29) is 5.91 Å². The Hall–Kier alpha value is -1.69. The van der Waals surface area contributed by atoms with Gasteiger partial charge in [0.25, 0.3) is 0 Å². The summed E-state index contributed by atoms with van der Waals surface area (Å²) in [5.41, 5.74) is 0. The highest BCUT2D eigenvalue weighted by Crippen LogP contribution is 2.09. The molecule has 1 aromatic rings. The van der Waals surface area contributed by atoms with Gasteiger partial charge < -0.3 is 10.2 Å². The third-order valence-electron chi connectivity index (χ3n) is 3.77. The standard InChI is InChI=1S/C16H27N5O/c1-14(2)13-15(22)17-7-4-8-20-9-11-21(12-10-20)16-18-5-3-6-19-16/h3,5-6,14H,4,7-13H2,1-2H3,(H,17,22). The van der Waals surface area contributed by atoms with E-state index in [9.17, 15) is 4.79 Å². The van der Waals surface area contributed by atoms with Crippen LogP contribution in [-0.4, -0.2) is 60.0 Å². The van der Waals surface area contributed by atoms with E-state index in [4.69, 9.17) is 0 Å². The van der Waals surface area contributed by atoms with Crippen molar-refractivity contribution in [3.8, 4) is 0 Å². The fourth-order valence-electron chi connectivity index (χ4n) is 2.60. The minimum atomic E-state index is 0.168. The minimum Gasteiger partial charge on any atom is -0.356 e. The molecule has 1 aliphatic heterocycles. The zero-order valence-corrected chi connectivity index (χ0v) is 13.7. The predicted molar refractivity (Wildman–Crippen MR) is 87.8 cm³/mol. The van der Waals surface area contributed by atoms with Crippen LogP contribution in [-0.2, 0) is 4.79 Å². The van der Waals surface area contributed by atoms with Gasteiger partial charge in [-0.1, -0.05) is 13.8 Å². The molecule has 0 aromatic carbocycles. The van der Waals surface area contributed by atoms with Crippen molar-refractivity contribution in [2.75, 3.05) is 44.2 Å². The van der Waals surface area contributed by atoms with Gasteiger partial charge in [-0.2, -0.15) is 0 Å². The average molecular weight is 305 g/mol. The van der Waals surface area contributed by atoms with Crippen LogP contribution in [0.25, 0.3) is 0 Å². The van der Waals surface area contributed by atoms with Crippen LogP contribution in [0.15, 0.2) is 18.5 Å². The van der Waals surface area contributed by atoms with Crippen LogP contribution in [0.2, 0.25) is 0 Å². The molecule has 0 aliphatic carbocycles. The number of nitrogens with one attached hydrogen (secondary N) is 1. The molecule has 2 rings (SSSR count). The van der Waals surface area contributed by atoms with E-state index in [1.807, 2.05) is 6.07 Å². The van der Waals surface area contributed by atoms with Crippen molar-refractivity contribution in [2.24, 2.45) is 5.92 Å². The lowest BCUT2D eigenvalue weighted by atomic mass is 10.1. The van der Waals surface area contributed by atoms with Crippen LogP contribution in [0.1, 0.15) is 26.7 Å². The molecule has 1 fully saturated rings. The summed E-state index contributed by atoms with van der Waals surface area (Å²) >= 11 is 0. The number of amides is 1. The van der Waals surface area contributed by atoms with Gasteiger partial charge in [0.1, 0.15) is 0 Å². The van der Waals surface area contributed by atoms with Gasteiger partial charge in [0.15, 0.2) is 0 Å². The number of aromatic nitrogens is 2. The molecule has 6 heteroatoms. The maximum Gasteiger partial charge on any atom is 0.225 e. The Morgan fingerprint density at radius 1 is 1.23 bits per heavy atom. The summed E-state index contributed by atoms with van der Waals surface area (Å²) in [5, 5.41) is 2.99. The molecule has 22 heavy (non-hydrogen) atoms. The van der Waals surface area contributed by atoms with E-state index in [2.05, 4.69) is 38.9 Å². The van der Waals surface area contributed by atoms with Crippen molar-refractivity contribution in [3.63, 3.8) is 0 Å². The van der Waals surface area contributed by atoms with Gasteiger partial charge in [-0.15, -0.1) is 0 Å². The summed E-state index contributed by atoms with van der Waals surface area (Å²) in [6.45, 7) is 9.91. The number of nitrogens with zero attached hydrogens (tertiary/aromatic N) is 4. The van der Waals surface area contributed by atoms with E-state index < -0.39 is 0 Å². The van der Waals surface area contributed by atoms with Crippen LogP contribution >= 0.6 is 0 Å². The fourth-order valence-corrected chi connectivity index (χ4v) is 2.60. The second kappa shape index (κ2) is 8.68. The van der Waals surface area contributed by atoms with Crippen LogP contribution in [0.5, 0.6) is 0 Å².